The van der Waals surface area contributed by atoms with Gasteiger partial charge in [0.1, 0.15) is 0 Å². The number of primary amides is 1. The third-order valence-electron chi connectivity index (χ3n) is 2.31. The molecule has 0 fully saturated rings. The van der Waals surface area contributed by atoms with Crippen LogP contribution in [0.25, 0.3) is 5.69 Å². The summed E-state index contributed by atoms with van der Waals surface area (Å²) in [7, 11) is 0. The van der Waals surface area contributed by atoms with Crippen LogP contribution in [0.15, 0.2) is 35.1 Å². The number of rotatable bonds is 3. The number of carboxylic acids is 1. The Morgan fingerprint density at radius 1 is 1.33 bits per heavy atom. The zero-order chi connectivity index (χ0) is 13.3. The molecular weight excluding hydrogens is 302 g/mol. The molecular formula is C11H8BrN3O3. The maximum absolute atomic E-state index is 11.0. The van der Waals surface area contributed by atoms with Gasteiger partial charge >= 0.3 is 5.97 Å². The van der Waals surface area contributed by atoms with Gasteiger partial charge in [0.2, 0.25) is 0 Å². The van der Waals surface area contributed by atoms with Gasteiger partial charge in [-0.2, -0.15) is 5.10 Å². The van der Waals surface area contributed by atoms with Crippen LogP contribution in [0.4, 0.5) is 0 Å². The van der Waals surface area contributed by atoms with Crippen molar-refractivity contribution in [2.45, 2.75) is 0 Å². The van der Waals surface area contributed by atoms with E-state index in [1.165, 1.54) is 29.2 Å². The van der Waals surface area contributed by atoms with Crippen LogP contribution in [0.3, 0.4) is 0 Å². The molecule has 1 amide bonds. The molecule has 0 aliphatic rings. The van der Waals surface area contributed by atoms with E-state index >= 15 is 0 Å². The van der Waals surface area contributed by atoms with Gasteiger partial charge in [-0.05, 0) is 34.1 Å². The molecule has 0 spiro atoms. The van der Waals surface area contributed by atoms with E-state index in [9.17, 15) is 9.59 Å². The Labute approximate surface area is 110 Å². The Morgan fingerprint density at radius 2 is 2.06 bits per heavy atom. The van der Waals surface area contributed by atoms with E-state index in [-0.39, 0.29) is 11.1 Å². The number of carbonyl (C=O) groups is 2. The Bertz CT molecular complexity index is 636. The van der Waals surface area contributed by atoms with Crippen molar-refractivity contribution in [3.8, 4) is 5.69 Å². The van der Waals surface area contributed by atoms with Crippen LogP contribution in [0, 0.1) is 0 Å². The molecule has 0 saturated carbocycles. The lowest BCUT2D eigenvalue weighted by Crippen LogP contribution is -2.09. The van der Waals surface area contributed by atoms with Gasteiger partial charge in [-0.15, -0.1) is 0 Å². The van der Waals surface area contributed by atoms with E-state index in [1.807, 2.05) is 0 Å². The first-order valence-corrected chi connectivity index (χ1v) is 5.66. The molecule has 2 rings (SSSR count). The largest absolute Gasteiger partial charge is 0.478 e. The highest BCUT2D eigenvalue weighted by Gasteiger charge is 2.10. The molecule has 1 aromatic heterocycles. The van der Waals surface area contributed by atoms with Crippen LogP contribution in [0.5, 0.6) is 0 Å². The molecule has 1 heterocycles. The first kappa shape index (κ1) is 12.3. The van der Waals surface area contributed by atoms with Gasteiger partial charge in [-0.1, -0.05) is 0 Å². The van der Waals surface area contributed by atoms with Crippen LogP contribution in [-0.4, -0.2) is 26.8 Å². The topological polar surface area (TPSA) is 98.2 Å². The highest BCUT2D eigenvalue weighted by Crippen LogP contribution is 2.22. The Balaban J connectivity index is 2.44. The lowest BCUT2D eigenvalue weighted by Gasteiger charge is -2.05. The Morgan fingerprint density at radius 3 is 2.56 bits per heavy atom. The second-order valence-electron chi connectivity index (χ2n) is 3.51. The van der Waals surface area contributed by atoms with E-state index < -0.39 is 11.9 Å². The zero-order valence-corrected chi connectivity index (χ0v) is 10.6. The molecule has 0 aliphatic heterocycles. The lowest BCUT2D eigenvalue weighted by atomic mass is 10.2. The summed E-state index contributed by atoms with van der Waals surface area (Å²) in [6.07, 6.45) is 2.82. The third-order valence-corrected chi connectivity index (χ3v) is 2.94. The van der Waals surface area contributed by atoms with Crippen LogP contribution < -0.4 is 5.73 Å². The Kier molecular flexibility index (Phi) is 3.15. The molecule has 6 nitrogen and oxygen atoms in total. The number of aromatic carboxylic acids is 1. The van der Waals surface area contributed by atoms with Crippen LogP contribution >= 0.6 is 15.9 Å². The maximum Gasteiger partial charge on any atom is 0.335 e. The van der Waals surface area contributed by atoms with Gasteiger partial charge in [0.15, 0.2) is 0 Å². The van der Waals surface area contributed by atoms with Crippen molar-refractivity contribution >= 4 is 27.8 Å². The maximum atomic E-state index is 11.0. The summed E-state index contributed by atoms with van der Waals surface area (Å²) in [6, 6.07) is 4.50. The monoisotopic (exact) mass is 309 g/mol. The number of hydrogen-bond donors (Lipinski definition) is 2. The molecule has 0 aliphatic carbocycles. The average Bonchev–Trinajstić information content (AvgIpc) is 2.78. The smallest absolute Gasteiger partial charge is 0.335 e. The van der Waals surface area contributed by atoms with Crippen molar-refractivity contribution in [2.75, 3.05) is 0 Å². The number of benzene rings is 1. The van der Waals surface area contributed by atoms with E-state index in [4.69, 9.17) is 10.8 Å². The second-order valence-corrected chi connectivity index (χ2v) is 4.36. The van der Waals surface area contributed by atoms with Gasteiger partial charge in [-0.3, -0.25) is 4.79 Å². The molecule has 0 atom stereocenters. The zero-order valence-electron chi connectivity index (χ0n) is 9.00. The minimum absolute atomic E-state index is 0.160. The fraction of sp³-hybridized carbons (Fsp3) is 0. The first-order valence-electron chi connectivity index (χ1n) is 4.86. The second kappa shape index (κ2) is 4.61. The van der Waals surface area contributed by atoms with Gasteiger partial charge in [0.25, 0.3) is 5.91 Å². The minimum Gasteiger partial charge on any atom is -0.478 e. The normalized spacial score (nSPS) is 10.3. The third kappa shape index (κ3) is 2.25. The van der Waals surface area contributed by atoms with Crippen molar-refractivity contribution in [1.29, 1.82) is 0 Å². The molecule has 2 aromatic rings. The van der Waals surface area contributed by atoms with Gasteiger partial charge in [0.05, 0.1) is 23.0 Å². The molecule has 1 aromatic carbocycles. The summed E-state index contributed by atoms with van der Waals surface area (Å²) in [5.74, 6) is -1.58. The molecule has 0 bridgehead atoms. The summed E-state index contributed by atoms with van der Waals surface area (Å²) in [6.45, 7) is 0. The SMILES string of the molecule is NC(=O)c1cnn(-c2ccc(C(=O)O)cc2Br)c1. The van der Waals surface area contributed by atoms with Crippen molar-refractivity contribution in [3.05, 3.63) is 46.2 Å². The molecule has 18 heavy (non-hydrogen) atoms. The van der Waals surface area contributed by atoms with Crippen molar-refractivity contribution in [2.24, 2.45) is 5.73 Å². The van der Waals surface area contributed by atoms with Gasteiger partial charge < -0.3 is 10.8 Å². The molecule has 0 radical (unpaired) electrons. The number of carbonyl (C=O) groups excluding carboxylic acids is 1. The van der Waals surface area contributed by atoms with E-state index in [0.29, 0.717) is 10.2 Å². The fourth-order valence-corrected chi connectivity index (χ4v) is 1.97. The molecule has 7 heteroatoms. The highest BCUT2D eigenvalue weighted by molar-refractivity contribution is 9.10. The van der Waals surface area contributed by atoms with Crippen LogP contribution in [0.1, 0.15) is 20.7 Å². The van der Waals surface area contributed by atoms with Gasteiger partial charge in [-0.25, -0.2) is 9.48 Å². The molecule has 0 saturated heterocycles. The predicted octanol–water partition coefficient (Wildman–Crippen LogP) is 1.43. The summed E-state index contributed by atoms with van der Waals surface area (Å²) in [5.41, 5.74) is 6.19. The number of carboxylic acid groups (broad SMARTS) is 1. The highest BCUT2D eigenvalue weighted by atomic mass is 79.9. The molecule has 3 N–H and O–H groups in total. The van der Waals surface area contributed by atoms with E-state index in [2.05, 4.69) is 21.0 Å². The van der Waals surface area contributed by atoms with E-state index in [1.54, 1.807) is 6.07 Å². The summed E-state index contributed by atoms with van der Waals surface area (Å²) in [4.78, 5) is 21.7. The molecule has 92 valence electrons. The fourth-order valence-electron chi connectivity index (χ4n) is 1.41. The number of halogens is 1. The van der Waals surface area contributed by atoms with E-state index in [0.717, 1.165) is 0 Å². The quantitative estimate of drug-likeness (QED) is 0.896. The number of aromatic nitrogens is 2. The average molecular weight is 310 g/mol. The number of nitrogens with zero attached hydrogens (tertiary/aromatic N) is 2. The summed E-state index contributed by atoms with van der Waals surface area (Å²) < 4.78 is 2.00. The van der Waals surface area contributed by atoms with Crippen LogP contribution in [-0.2, 0) is 0 Å². The number of amides is 1. The van der Waals surface area contributed by atoms with Crippen LogP contribution in [0.2, 0.25) is 0 Å². The number of nitrogens with two attached hydrogens (primary N) is 1. The number of hydrogen-bond acceptors (Lipinski definition) is 3. The van der Waals surface area contributed by atoms with Gasteiger partial charge in [0, 0.05) is 10.7 Å². The predicted molar refractivity (Wildman–Crippen MR) is 66.7 cm³/mol. The van der Waals surface area contributed by atoms with Crippen molar-refractivity contribution < 1.29 is 14.7 Å². The van der Waals surface area contributed by atoms with Crippen molar-refractivity contribution in [3.63, 3.8) is 0 Å². The van der Waals surface area contributed by atoms with Crippen molar-refractivity contribution in [1.82, 2.24) is 9.78 Å². The Hall–Kier alpha value is -2.15. The minimum atomic E-state index is -1.01. The lowest BCUT2D eigenvalue weighted by molar-refractivity contribution is 0.0696. The summed E-state index contributed by atoms with van der Waals surface area (Å²) >= 11 is 3.26. The molecule has 0 unspecified atom stereocenters. The summed E-state index contributed by atoms with van der Waals surface area (Å²) in [5, 5.41) is 12.8. The first-order chi connectivity index (χ1) is 8.49. The standard InChI is InChI=1S/C11H8BrN3O3/c12-8-3-6(11(17)18)1-2-9(8)15-5-7(4-14-15)10(13)16/h1-5H,(H2,13,16)(H,17,18).